The number of imidazole rings is 1. The molecule has 25 heavy (non-hydrogen) atoms. The first-order chi connectivity index (χ1) is 12.2. The molecule has 1 atom stereocenters. The lowest BCUT2D eigenvalue weighted by Crippen LogP contribution is -2.40. The van der Waals surface area contributed by atoms with Crippen LogP contribution in [0.15, 0.2) is 29.0 Å². The molecule has 8 nitrogen and oxygen atoms in total. The number of benzene rings is 1. The van der Waals surface area contributed by atoms with Crippen molar-refractivity contribution in [2.24, 2.45) is 0 Å². The number of aromatic amines is 1. The van der Waals surface area contributed by atoms with Gasteiger partial charge < -0.3 is 19.1 Å². The minimum Gasteiger partial charge on any atom is -0.375 e. The van der Waals surface area contributed by atoms with Gasteiger partial charge in [0, 0.05) is 25.8 Å². The molecule has 0 spiro atoms. The number of H-pyrrole nitrogens is 1. The third kappa shape index (κ3) is 3.12. The highest BCUT2D eigenvalue weighted by atomic mass is 16.5. The highest BCUT2D eigenvalue weighted by Crippen LogP contribution is 2.28. The van der Waals surface area contributed by atoms with Gasteiger partial charge in [-0.3, -0.25) is 4.79 Å². The SMILES string of the molecule is COCC(=O)N1CCCC(c2nc(-c3ccc4nc[nH]c4c3)no2)C1. The van der Waals surface area contributed by atoms with Crippen LogP contribution in [0.25, 0.3) is 22.4 Å². The van der Waals surface area contributed by atoms with Crippen molar-refractivity contribution in [2.75, 3.05) is 26.8 Å². The molecule has 1 aliphatic rings. The standard InChI is InChI=1S/C17H19N5O3/c1-24-9-15(23)22-6-2-3-12(8-22)17-20-16(21-25-17)11-4-5-13-14(7-11)19-10-18-13/h4-5,7,10,12H,2-3,6,8-9H2,1H3,(H,18,19). The summed E-state index contributed by atoms with van der Waals surface area (Å²) in [5.41, 5.74) is 2.69. The highest BCUT2D eigenvalue weighted by Gasteiger charge is 2.28. The van der Waals surface area contributed by atoms with E-state index in [1.54, 1.807) is 11.2 Å². The Bertz CT molecular complexity index is 887. The molecule has 130 valence electrons. The fourth-order valence-corrected chi connectivity index (χ4v) is 3.21. The van der Waals surface area contributed by atoms with Crippen LogP contribution in [0.5, 0.6) is 0 Å². The molecule has 1 aromatic carbocycles. The number of amides is 1. The predicted octanol–water partition coefficient (Wildman–Crippen LogP) is 1.97. The van der Waals surface area contributed by atoms with E-state index in [-0.39, 0.29) is 18.4 Å². The fourth-order valence-electron chi connectivity index (χ4n) is 3.21. The Kier molecular flexibility index (Phi) is 4.19. The lowest BCUT2D eigenvalue weighted by Gasteiger charge is -2.30. The van der Waals surface area contributed by atoms with Gasteiger partial charge in [0.05, 0.1) is 23.3 Å². The number of carbonyl (C=O) groups is 1. The van der Waals surface area contributed by atoms with Crippen LogP contribution in [0.1, 0.15) is 24.7 Å². The first-order valence-electron chi connectivity index (χ1n) is 8.28. The first kappa shape index (κ1) is 15.8. The lowest BCUT2D eigenvalue weighted by molar-refractivity contribution is -0.136. The minimum absolute atomic E-state index is 0.00312. The number of hydrogen-bond donors (Lipinski definition) is 1. The van der Waals surface area contributed by atoms with E-state index in [4.69, 9.17) is 9.26 Å². The van der Waals surface area contributed by atoms with E-state index < -0.39 is 0 Å². The number of aromatic nitrogens is 4. The third-order valence-corrected chi connectivity index (χ3v) is 4.51. The van der Waals surface area contributed by atoms with Crippen LogP contribution in [-0.4, -0.2) is 57.7 Å². The van der Waals surface area contributed by atoms with E-state index in [9.17, 15) is 4.79 Å². The highest BCUT2D eigenvalue weighted by molar-refractivity contribution is 5.80. The van der Waals surface area contributed by atoms with E-state index in [0.717, 1.165) is 36.0 Å². The van der Waals surface area contributed by atoms with Gasteiger partial charge in [0.25, 0.3) is 0 Å². The molecule has 3 aromatic rings. The average Bonchev–Trinajstić information content (AvgIpc) is 3.31. The third-order valence-electron chi connectivity index (χ3n) is 4.51. The number of fused-ring (bicyclic) bond motifs is 1. The Morgan fingerprint density at radius 2 is 2.40 bits per heavy atom. The zero-order valence-corrected chi connectivity index (χ0v) is 13.9. The Balaban J connectivity index is 1.53. The molecule has 1 N–H and O–H groups in total. The Morgan fingerprint density at radius 1 is 1.48 bits per heavy atom. The van der Waals surface area contributed by atoms with Crippen LogP contribution in [0, 0.1) is 0 Å². The zero-order valence-electron chi connectivity index (χ0n) is 13.9. The molecule has 4 rings (SSSR count). The second kappa shape index (κ2) is 6.64. The van der Waals surface area contributed by atoms with Crippen LogP contribution in [0.2, 0.25) is 0 Å². The van der Waals surface area contributed by atoms with Crippen LogP contribution in [0.4, 0.5) is 0 Å². The molecular formula is C17H19N5O3. The van der Waals surface area contributed by atoms with Gasteiger partial charge in [-0.25, -0.2) is 4.98 Å². The van der Waals surface area contributed by atoms with Crippen molar-refractivity contribution in [3.63, 3.8) is 0 Å². The number of methoxy groups -OCH3 is 1. The van der Waals surface area contributed by atoms with Gasteiger partial charge in [0.2, 0.25) is 17.6 Å². The molecule has 0 bridgehead atoms. The molecule has 1 saturated heterocycles. The summed E-state index contributed by atoms with van der Waals surface area (Å²) in [5, 5.41) is 4.11. The Labute approximate surface area is 144 Å². The molecule has 1 unspecified atom stereocenters. The topological polar surface area (TPSA) is 97.1 Å². The van der Waals surface area contributed by atoms with Gasteiger partial charge >= 0.3 is 0 Å². The molecule has 2 aromatic heterocycles. The van der Waals surface area contributed by atoms with Crippen molar-refractivity contribution in [2.45, 2.75) is 18.8 Å². The predicted molar refractivity (Wildman–Crippen MR) is 89.8 cm³/mol. The van der Waals surface area contributed by atoms with Gasteiger partial charge in [-0.2, -0.15) is 4.98 Å². The number of ether oxygens (including phenoxy) is 1. The summed E-state index contributed by atoms with van der Waals surface area (Å²) in [6.45, 7) is 1.44. The number of carbonyl (C=O) groups excluding carboxylic acids is 1. The van der Waals surface area contributed by atoms with E-state index >= 15 is 0 Å². The van der Waals surface area contributed by atoms with Gasteiger partial charge in [0.1, 0.15) is 6.61 Å². The fraction of sp³-hybridized carbons (Fsp3) is 0.412. The molecule has 1 fully saturated rings. The summed E-state index contributed by atoms with van der Waals surface area (Å²) < 4.78 is 10.4. The van der Waals surface area contributed by atoms with Crippen LogP contribution < -0.4 is 0 Å². The average molecular weight is 341 g/mol. The van der Waals surface area contributed by atoms with Crippen molar-refractivity contribution in [1.29, 1.82) is 0 Å². The van der Waals surface area contributed by atoms with Gasteiger partial charge in [0.15, 0.2) is 0 Å². The van der Waals surface area contributed by atoms with Crippen LogP contribution >= 0.6 is 0 Å². The smallest absolute Gasteiger partial charge is 0.248 e. The van der Waals surface area contributed by atoms with Crippen molar-refractivity contribution < 1.29 is 14.1 Å². The molecular weight excluding hydrogens is 322 g/mol. The normalized spacial score (nSPS) is 18.0. The first-order valence-corrected chi connectivity index (χ1v) is 8.28. The van der Waals surface area contributed by atoms with E-state index in [1.807, 2.05) is 18.2 Å². The second-order valence-corrected chi connectivity index (χ2v) is 6.20. The van der Waals surface area contributed by atoms with Crippen LogP contribution in [0.3, 0.4) is 0 Å². The monoisotopic (exact) mass is 341 g/mol. The summed E-state index contributed by atoms with van der Waals surface area (Å²) in [5.74, 6) is 1.18. The number of hydrogen-bond acceptors (Lipinski definition) is 6. The number of piperidine rings is 1. The number of nitrogens with one attached hydrogen (secondary N) is 1. The van der Waals surface area contributed by atoms with Gasteiger partial charge in [-0.15, -0.1) is 0 Å². The molecule has 1 aliphatic heterocycles. The summed E-state index contributed by atoms with van der Waals surface area (Å²) >= 11 is 0. The van der Waals surface area contributed by atoms with Crippen molar-refractivity contribution in [1.82, 2.24) is 25.0 Å². The van der Waals surface area contributed by atoms with Gasteiger partial charge in [-0.1, -0.05) is 5.16 Å². The van der Waals surface area contributed by atoms with E-state index in [2.05, 4.69) is 20.1 Å². The Hall–Kier alpha value is -2.74. The maximum Gasteiger partial charge on any atom is 0.248 e. The second-order valence-electron chi connectivity index (χ2n) is 6.20. The van der Waals surface area contributed by atoms with E-state index in [0.29, 0.717) is 18.3 Å². The van der Waals surface area contributed by atoms with Crippen molar-refractivity contribution >= 4 is 16.9 Å². The minimum atomic E-state index is -0.00312. The quantitative estimate of drug-likeness (QED) is 0.779. The van der Waals surface area contributed by atoms with Crippen molar-refractivity contribution in [3.05, 3.63) is 30.4 Å². The molecule has 0 radical (unpaired) electrons. The van der Waals surface area contributed by atoms with Gasteiger partial charge in [-0.05, 0) is 31.0 Å². The molecule has 3 heterocycles. The molecule has 0 saturated carbocycles. The maximum atomic E-state index is 12.0. The van der Waals surface area contributed by atoms with E-state index in [1.165, 1.54) is 7.11 Å². The molecule has 0 aliphatic carbocycles. The number of likely N-dealkylation sites (tertiary alicyclic amines) is 1. The molecule has 8 heteroatoms. The lowest BCUT2D eigenvalue weighted by atomic mass is 9.98. The zero-order chi connectivity index (χ0) is 17.2. The summed E-state index contributed by atoms with van der Waals surface area (Å²) in [6.07, 6.45) is 3.50. The number of nitrogens with zero attached hydrogens (tertiary/aromatic N) is 4. The largest absolute Gasteiger partial charge is 0.375 e. The summed E-state index contributed by atoms with van der Waals surface area (Å²) in [6, 6.07) is 5.79. The van der Waals surface area contributed by atoms with Crippen LogP contribution in [-0.2, 0) is 9.53 Å². The maximum absolute atomic E-state index is 12.0. The number of rotatable bonds is 4. The molecule has 1 amide bonds. The Morgan fingerprint density at radius 3 is 3.28 bits per heavy atom. The van der Waals surface area contributed by atoms with Crippen molar-refractivity contribution in [3.8, 4) is 11.4 Å². The summed E-state index contributed by atoms with van der Waals surface area (Å²) in [4.78, 5) is 25.7. The summed E-state index contributed by atoms with van der Waals surface area (Å²) in [7, 11) is 1.53.